The van der Waals surface area contributed by atoms with Gasteiger partial charge in [-0.05, 0) is 32.9 Å². The van der Waals surface area contributed by atoms with E-state index in [0.717, 1.165) is 9.87 Å². The lowest BCUT2D eigenvalue weighted by atomic mass is 10.2. The van der Waals surface area contributed by atoms with Gasteiger partial charge in [-0.25, -0.2) is 18.0 Å². The third-order valence-electron chi connectivity index (χ3n) is 3.36. The van der Waals surface area contributed by atoms with Gasteiger partial charge in [0.15, 0.2) is 0 Å². The molecule has 8 heteroatoms. The van der Waals surface area contributed by atoms with Gasteiger partial charge in [-0.15, -0.1) is 0 Å². The third-order valence-corrected chi connectivity index (χ3v) is 5.20. The summed E-state index contributed by atoms with van der Waals surface area (Å²) in [5, 5.41) is 0. The first-order valence-electron chi connectivity index (χ1n) is 8.54. The van der Waals surface area contributed by atoms with Crippen molar-refractivity contribution >= 4 is 22.0 Å². The van der Waals surface area contributed by atoms with Crippen LogP contribution >= 0.6 is 0 Å². The van der Waals surface area contributed by atoms with E-state index in [2.05, 4.69) is 0 Å². The van der Waals surface area contributed by atoms with Crippen LogP contribution in [0, 0.1) is 6.92 Å². The highest BCUT2D eigenvalue weighted by Crippen LogP contribution is 2.16. The number of aryl methyl sites for hydroxylation is 1. The van der Waals surface area contributed by atoms with E-state index in [1.807, 2.05) is 6.92 Å². The molecule has 0 atom stereocenters. The van der Waals surface area contributed by atoms with Gasteiger partial charge in [0.05, 0.1) is 18.1 Å². The maximum atomic E-state index is 12.9. The zero-order valence-electron chi connectivity index (χ0n) is 15.8. The highest BCUT2D eigenvalue weighted by molar-refractivity contribution is 7.89. The Hall–Kier alpha value is -2.45. The van der Waals surface area contributed by atoms with Crippen molar-refractivity contribution in [1.82, 2.24) is 4.31 Å². The van der Waals surface area contributed by atoms with Gasteiger partial charge >= 0.3 is 11.9 Å². The Morgan fingerprint density at radius 2 is 1.37 bits per heavy atom. The van der Waals surface area contributed by atoms with Crippen molar-refractivity contribution in [2.75, 3.05) is 26.3 Å². The van der Waals surface area contributed by atoms with E-state index < -0.39 is 22.0 Å². The Morgan fingerprint density at radius 1 is 0.926 bits per heavy atom. The number of sulfonamides is 1. The van der Waals surface area contributed by atoms with E-state index in [4.69, 9.17) is 9.47 Å². The molecule has 0 unspecified atom stereocenters. The fourth-order valence-corrected chi connectivity index (χ4v) is 3.39. The fourth-order valence-electron chi connectivity index (χ4n) is 2.04. The second-order valence-electron chi connectivity index (χ2n) is 5.44. The molecule has 0 radical (unpaired) electrons. The molecule has 1 aromatic rings. The number of rotatable bonds is 10. The minimum absolute atomic E-state index is 0.0534. The summed E-state index contributed by atoms with van der Waals surface area (Å²) in [6.07, 6.45) is 5.16. The SMILES string of the molecule is CCOC(=O)/C=C/CN(C/C=C/C(=O)OCC)S(=O)(=O)c1ccc(C)cc1. The van der Waals surface area contributed by atoms with Crippen molar-refractivity contribution in [3.05, 3.63) is 54.1 Å². The molecule has 0 aliphatic heterocycles. The van der Waals surface area contributed by atoms with Crippen LogP contribution in [0.1, 0.15) is 19.4 Å². The van der Waals surface area contributed by atoms with Crippen LogP contribution in [0.2, 0.25) is 0 Å². The van der Waals surface area contributed by atoms with Crippen LogP contribution in [0.4, 0.5) is 0 Å². The topological polar surface area (TPSA) is 90.0 Å². The maximum absolute atomic E-state index is 12.9. The van der Waals surface area contributed by atoms with Gasteiger partial charge in [-0.1, -0.05) is 29.8 Å². The van der Waals surface area contributed by atoms with E-state index in [-0.39, 0.29) is 31.2 Å². The molecule has 7 nitrogen and oxygen atoms in total. The van der Waals surface area contributed by atoms with E-state index in [1.54, 1.807) is 26.0 Å². The number of carbonyl (C=O) groups excluding carboxylic acids is 2. The summed E-state index contributed by atoms with van der Waals surface area (Å²) in [6, 6.07) is 6.44. The molecule has 0 aromatic heterocycles. The van der Waals surface area contributed by atoms with E-state index in [1.165, 1.54) is 36.4 Å². The van der Waals surface area contributed by atoms with Gasteiger partial charge in [0.2, 0.25) is 10.0 Å². The van der Waals surface area contributed by atoms with Crippen molar-refractivity contribution in [2.45, 2.75) is 25.7 Å². The second kappa shape index (κ2) is 11.3. The number of carbonyl (C=O) groups is 2. The van der Waals surface area contributed by atoms with Crippen LogP contribution in [-0.4, -0.2) is 51.0 Å². The minimum atomic E-state index is -3.81. The zero-order valence-corrected chi connectivity index (χ0v) is 16.6. The summed E-state index contributed by atoms with van der Waals surface area (Å²) < 4.78 is 36.4. The first-order valence-corrected chi connectivity index (χ1v) is 9.98. The average Bonchev–Trinajstić information content (AvgIpc) is 2.61. The molecule has 0 saturated heterocycles. The molecule has 1 rings (SSSR count). The molecule has 0 aliphatic carbocycles. The zero-order chi connectivity index (χ0) is 20.3. The molecule has 0 spiro atoms. The highest BCUT2D eigenvalue weighted by Gasteiger charge is 2.22. The monoisotopic (exact) mass is 395 g/mol. The standard InChI is InChI=1S/C19H25NO6S/c1-4-25-18(21)8-6-14-20(15-7-9-19(22)26-5-2)27(23,24)17-12-10-16(3)11-13-17/h6-13H,4-5,14-15H2,1-3H3/b8-6+,9-7+. The Balaban J connectivity index is 2.99. The second-order valence-corrected chi connectivity index (χ2v) is 7.38. The van der Waals surface area contributed by atoms with Gasteiger partial charge in [-0.2, -0.15) is 4.31 Å². The quantitative estimate of drug-likeness (QED) is 0.446. The largest absolute Gasteiger partial charge is 0.463 e. The summed E-state index contributed by atoms with van der Waals surface area (Å²) in [7, 11) is -3.81. The fraction of sp³-hybridized carbons (Fsp3) is 0.368. The van der Waals surface area contributed by atoms with Crippen LogP contribution in [-0.2, 0) is 29.1 Å². The number of benzene rings is 1. The first kappa shape index (κ1) is 22.6. The lowest BCUT2D eigenvalue weighted by Gasteiger charge is -2.19. The van der Waals surface area contributed by atoms with Crippen molar-refractivity contribution in [3.8, 4) is 0 Å². The van der Waals surface area contributed by atoms with Crippen molar-refractivity contribution in [3.63, 3.8) is 0 Å². The molecular weight excluding hydrogens is 370 g/mol. The molecule has 1 aromatic carbocycles. The maximum Gasteiger partial charge on any atom is 0.330 e. The number of ether oxygens (including phenoxy) is 2. The predicted octanol–water partition coefficient (Wildman–Crippen LogP) is 2.22. The molecule has 0 aliphatic rings. The predicted molar refractivity (Wildman–Crippen MR) is 101 cm³/mol. The summed E-state index contributed by atoms with van der Waals surface area (Å²) in [4.78, 5) is 22.9. The lowest BCUT2D eigenvalue weighted by molar-refractivity contribution is -0.138. The summed E-state index contributed by atoms with van der Waals surface area (Å²) >= 11 is 0. The Labute approximate surface area is 160 Å². The normalized spacial score (nSPS) is 12.0. The van der Waals surface area contributed by atoms with E-state index in [9.17, 15) is 18.0 Å². The van der Waals surface area contributed by atoms with Gasteiger partial charge in [0, 0.05) is 25.2 Å². The van der Waals surface area contributed by atoms with Gasteiger partial charge < -0.3 is 9.47 Å². The molecule has 0 amide bonds. The van der Waals surface area contributed by atoms with Crippen LogP contribution in [0.25, 0.3) is 0 Å². The van der Waals surface area contributed by atoms with Gasteiger partial charge in [0.1, 0.15) is 0 Å². The van der Waals surface area contributed by atoms with Crippen molar-refractivity contribution < 1.29 is 27.5 Å². The molecule has 0 N–H and O–H groups in total. The molecule has 27 heavy (non-hydrogen) atoms. The van der Waals surface area contributed by atoms with Crippen LogP contribution in [0.3, 0.4) is 0 Å². The summed E-state index contributed by atoms with van der Waals surface area (Å²) in [5.74, 6) is -1.10. The minimum Gasteiger partial charge on any atom is -0.463 e. The van der Waals surface area contributed by atoms with Gasteiger partial charge in [-0.3, -0.25) is 0 Å². The number of nitrogens with zero attached hydrogens (tertiary/aromatic N) is 1. The molecule has 0 fully saturated rings. The Bertz CT molecular complexity index is 751. The van der Waals surface area contributed by atoms with Crippen LogP contribution in [0.15, 0.2) is 53.5 Å². The lowest BCUT2D eigenvalue weighted by Crippen LogP contribution is -2.31. The van der Waals surface area contributed by atoms with Crippen molar-refractivity contribution in [1.29, 1.82) is 0 Å². The first-order chi connectivity index (χ1) is 12.8. The Kier molecular flexibility index (Phi) is 9.46. The molecule has 0 saturated carbocycles. The summed E-state index contributed by atoms with van der Waals surface area (Å²) in [5.41, 5.74) is 0.935. The molecule has 148 valence electrons. The smallest absolute Gasteiger partial charge is 0.330 e. The number of hydrogen-bond donors (Lipinski definition) is 0. The summed E-state index contributed by atoms with van der Waals surface area (Å²) in [6.45, 7) is 5.58. The van der Waals surface area contributed by atoms with Gasteiger partial charge in [0.25, 0.3) is 0 Å². The third kappa shape index (κ3) is 7.76. The van der Waals surface area contributed by atoms with Crippen molar-refractivity contribution in [2.24, 2.45) is 0 Å². The van der Waals surface area contributed by atoms with Crippen LogP contribution in [0.5, 0.6) is 0 Å². The molecular formula is C19H25NO6S. The van der Waals surface area contributed by atoms with E-state index >= 15 is 0 Å². The Morgan fingerprint density at radius 3 is 1.78 bits per heavy atom. The number of esters is 2. The highest BCUT2D eigenvalue weighted by atomic mass is 32.2. The molecule has 0 heterocycles. The number of hydrogen-bond acceptors (Lipinski definition) is 6. The van der Waals surface area contributed by atoms with Crippen LogP contribution < -0.4 is 0 Å². The average molecular weight is 395 g/mol. The van der Waals surface area contributed by atoms with E-state index in [0.29, 0.717) is 0 Å². The molecule has 0 bridgehead atoms.